The Bertz CT molecular complexity index is 993. The highest BCUT2D eigenvalue weighted by Gasteiger charge is 2.41. The highest BCUT2D eigenvalue weighted by molar-refractivity contribution is 5.97. The molecule has 10 nitrogen and oxygen atoms in total. The van der Waals surface area contributed by atoms with Crippen LogP contribution in [0.3, 0.4) is 0 Å². The quantitative estimate of drug-likeness (QED) is 0.304. The number of alkyl halides is 3. The smallest absolute Gasteiger partial charge is 0.417 e. The Labute approximate surface area is 218 Å². The van der Waals surface area contributed by atoms with Crippen molar-refractivity contribution in [2.45, 2.75) is 103 Å². The van der Waals surface area contributed by atoms with Crippen molar-refractivity contribution >= 4 is 23.9 Å². The molecule has 1 aromatic carbocycles. The van der Waals surface area contributed by atoms with Gasteiger partial charge in [-0.15, -0.1) is 0 Å². The maximum Gasteiger partial charge on any atom is 0.417 e. The van der Waals surface area contributed by atoms with Crippen LogP contribution in [0.4, 0.5) is 18.9 Å². The van der Waals surface area contributed by atoms with Gasteiger partial charge in [0.05, 0.1) is 16.1 Å². The Hall–Kier alpha value is -3.56. The minimum absolute atomic E-state index is 0.184. The third kappa shape index (κ3) is 9.72. The molecule has 0 unspecified atom stereocenters. The average molecular weight is 547 g/mol. The highest BCUT2D eigenvalue weighted by Crippen LogP contribution is 2.42. The van der Waals surface area contributed by atoms with E-state index in [1.54, 1.807) is 34.6 Å². The third-order valence-corrected chi connectivity index (χ3v) is 6.44. The maximum atomic E-state index is 14.0. The van der Waals surface area contributed by atoms with Gasteiger partial charge in [-0.1, -0.05) is 33.1 Å². The van der Waals surface area contributed by atoms with Gasteiger partial charge in [0.1, 0.15) is 5.60 Å². The van der Waals surface area contributed by atoms with E-state index in [1.165, 1.54) is 4.90 Å². The molecule has 0 spiro atoms. The van der Waals surface area contributed by atoms with Crippen LogP contribution in [0.25, 0.3) is 0 Å². The lowest BCUT2D eigenvalue weighted by Crippen LogP contribution is -2.46. The van der Waals surface area contributed by atoms with Gasteiger partial charge >= 0.3 is 24.2 Å². The first kappa shape index (κ1) is 34.4. The van der Waals surface area contributed by atoms with Gasteiger partial charge < -0.3 is 9.64 Å². The van der Waals surface area contributed by atoms with Gasteiger partial charge in [-0.05, 0) is 46.5 Å². The molecule has 38 heavy (non-hydrogen) atoms. The van der Waals surface area contributed by atoms with Crippen LogP contribution in [-0.4, -0.2) is 45.7 Å². The predicted molar refractivity (Wildman–Crippen MR) is 126 cm³/mol. The van der Waals surface area contributed by atoms with E-state index >= 15 is 0 Å². The van der Waals surface area contributed by atoms with Crippen molar-refractivity contribution in [3.63, 3.8) is 0 Å². The number of carbonyl (C=O) groups is 1. The van der Waals surface area contributed by atoms with Crippen molar-refractivity contribution in [3.05, 3.63) is 33.4 Å². The van der Waals surface area contributed by atoms with Crippen LogP contribution in [0.5, 0.6) is 5.75 Å². The van der Waals surface area contributed by atoms with Crippen molar-refractivity contribution in [1.29, 1.82) is 0 Å². The van der Waals surface area contributed by atoms with Crippen molar-refractivity contribution in [3.8, 4) is 5.75 Å². The summed E-state index contributed by atoms with van der Waals surface area (Å²) in [5.74, 6) is -1.30. The van der Waals surface area contributed by atoms with Crippen LogP contribution in [0, 0.1) is 10.1 Å². The molecule has 1 fully saturated rings. The van der Waals surface area contributed by atoms with Gasteiger partial charge in [0.15, 0.2) is 5.75 Å². The SMILES string of the molecule is CCC(C)(CC)Oc1cc(C(F)(F)F)c(C(=O)N(C(C)C)C2CCCCC2)cc1[N+](=O)[O-].O=C=O.O=C=O. The number of amides is 1. The lowest BCUT2D eigenvalue weighted by molar-refractivity contribution is -0.386. The Balaban J connectivity index is 0.00000208. The number of ether oxygens (including phenoxy) is 1. The fourth-order valence-corrected chi connectivity index (χ4v) is 4.18. The normalized spacial score (nSPS) is 13.6. The van der Waals surface area contributed by atoms with Crippen molar-refractivity contribution < 1.29 is 46.8 Å². The summed E-state index contributed by atoms with van der Waals surface area (Å²) in [6.45, 7) is 8.77. The fraction of sp³-hybridized carbons (Fsp3) is 0.640. The molecule has 0 aliphatic heterocycles. The molecule has 0 saturated heterocycles. The molecule has 0 radical (unpaired) electrons. The summed E-state index contributed by atoms with van der Waals surface area (Å²) < 4.78 is 47.8. The number of halogens is 3. The second-order valence-electron chi connectivity index (χ2n) is 9.14. The lowest BCUT2D eigenvalue weighted by atomic mass is 9.92. The Morgan fingerprint density at radius 3 is 1.92 bits per heavy atom. The van der Waals surface area contributed by atoms with E-state index in [9.17, 15) is 28.1 Å². The summed E-state index contributed by atoms with van der Waals surface area (Å²) in [4.78, 5) is 58.3. The molecule has 2 rings (SSSR count). The Morgan fingerprint density at radius 2 is 1.55 bits per heavy atom. The largest absolute Gasteiger partial charge is 0.481 e. The summed E-state index contributed by atoms with van der Waals surface area (Å²) in [7, 11) is 0. The van der Waals surface area contributed by atoms with Gasteiger partial charge in [-0.25, -0.2) is 0 Å². The molecule has 1 saturated carbocycles. The number of rotatable bonds is 8. The summed E-state index contributed by atoms with van der Waals surface area (Å²) in [5.41, 5.74) is -3.42. The molecule has 0 aromatic heterocycles. The van der Waals surface area contributed by atoms with Crippen LogP contribution >= 0.6 is 0 Å². The number of hydrogen-bond donors (Lipinski definition) is 0. The van der Waals surface area contributed by atoms with Gasteiger partial charge in [0.25, 0.3) is 5.91 Å². The zero-order chi connectivity index (χ0) is 29.7. The second kappa shape index (κ2) is 15.6. The number of nitrogens with zero attached hydrogens (tertiary/aromatic N) is 2. The first-order valence-electron chi connectivity index (χ1n) is 12.1. The van der Waals surface area contributed by atoms with E-state index in [2.05, 4.69) is 0 Å². The molecule has 212 valence electrons. The molecule has 0 N–H and O–H groups in total. The number of nitro groups is 1. The first-order chi connectivity index (χ1) is 17.7. The van der Waals surface area contributed by atoms with Gasteiger partial charge in [-0.2, -0.15) is 32.3 Å². The molecular formula is C25H33F3N2O8. The molecule has 13 heteroatoms. The van der Waals surface area contributed by atoms with Crippen molar-refractivity contribution in [1.82, 2.24) is 4.90 Å². The number of nitro benzene ring substituents is 1. The van der Waals surface area contributed by atoms with Crippen LogP contribution in [-0.2, 0) is 25.4 Å². The highest BCUT2D eigenvalue weighted by atomic mass is 19.4. The van der Waals surface area contributed by atoms with Crippen LogP contribution in [0.2, 0.25) is 0 Å². The van der Waals surface area contributed by atoms with E-state index in [-0.39, 0.29) is 24.4 Å². The number of carbonyl (C=O) groups excluding carboxylic acids is 5. The van der Waals surface area contributed by atoms with Crippen LogP contribution in [0.1, 0.15) is 95.5 Å². The minimum atomic E-state index is -4.87. The van der Waals surface area contributed by atoms with E-state index in [1.807, 2.05) is 0 Å². The van der Waals surface area contributed by atoms with Crippen molar-refractivity contribution in [2.24, 2.45) is 0 Å². The zero-order valence-electron chi connectivity index (χ0n) is 22.1. The Kier molecular flexibility index (Phi) is 14.2. The second-order valence-corrected chi connectivity index (χ2v) is 9.14. The topological polar surface area (TPSA) is 141 Å². The monoisotopic (exact) mass is 546 g/mol. The molecule has 1 aliphatic rings. The maximum absolute atomic E-state index is 14.0. The van der Waals surface area contributed by atoms with E-state index in [0.717, 1.165) is 25.3 Å². The number of hydrogen-bond acceptors (Lipinski definition) is 8. The Morgan fingerprint density at radius 1 is 1.08 bits per heavy atom. The lowest BCUT2D eigenvalue weighted by Gasteiger charge is -2.38. The van der Waals surface area contributed by atoms with E-state index in [0.29, 0.717) is 31.7 Å². The van der Waals surface area contributed by atoms with Gasteiger partial charge in [-0.3, -0.25) is 14.9 Å². The molecule has 0 atom stereocenters. The average Bonchev–Trinajstić information content (AvgIpc) is 2.84. The molecule has 0 bridgehead atoms. The zero-order valence-corrected chi connectivity index (χ0v) is 22.1. The summed E-state index contributed by atoms with van der Waals surface area (Å²) >= 11 is 0. The van der Waals surface area contributed by atoms with E-state index < -0.39 is 45.2 Å². The number of benzene rings is 1. The third-order valence-electron chi connectivity index (χ3n) is 6.44. The predicted octanol–water partition coefficient (Wildman–Crippen LogP) is 5.59. The van der Waals surface area contributed by atoms with Crippen LogP contribution in [0.15, 0.2) is 12.1 Å². The van der Waals surface area contributed by atoms with Crippen molar-refractivity contribution in [2.75, 3.05) is 0 Å². The van der Waals surface area contributed by atoms with E-state index in [4.69, 9.17) is 23.9 Å². The summed E-state index contributed by atoms with van der Waals surface area (Å²) in [5, 5.41) is 11.7. The molecule has 1 aromatic rings. The molecule has 1 amide bonds. The van der Waals surface area contributed by atoms with Gasteiger partial charge in [0, 0.05) is 24.2 Å². The first-order valence-corrected chi connectivity index (χ1v) is 12.1. The standard InChI is InChI=1S/C23H33F3N2O4.2CO2/c1-6-22(5,7-2)32-20-14-18(23(24,25)26)17(13-19(20)28(30)31)21(29)27(15(3)4)16-11-9-8-10-12-16;2*2-1-3/h13-16H,6-12H2,1-5H3;;. The molecular weight excluding hydrogens is 513 g/mol. The molecule has 1 aliphatic carbocycles. The van der Waals surface area contributed by atoms with Crippen LogP contribution < -0.4 is 4.74 Å². The fourth-order valence-electron chi connectivity index (χ4n) is 4.18. The summed E-state index contributed by atoms with van der Waals surface area (Å²) in [6.07, 6.45) is 0.758. The molecule has 0 heterocycles. The van der Waals surface area contributed by atoms with Gasteiger partial charge in [0.2, 0.25) is 0 Å². The summed E-state index contributed by atoms with van der Waals surface area (Å²) in [6, 6.07) is 0.833. The minimum Gasteiger partial charge on any atom is -0.481 e.